The molecule has 5 aliphatic rings. The number of carbonyl (C=O) groups is 1. The molecule has 4 nitrogen and oxygen atoms in total. The van der Waals surface area contributed by atoms with Gasteiger partial charge in [0.2, 0.25) is 0 Å². The third-order valence-electron chi connectivity index (χ3n) is 13.7. The van der Waals surface area contributed by atoms with Crippen LogP contribution >= 0.6 is 0 Å². The van der Waals surface area contributed by atoms with Crippen molar-refractivity contribution in [3.05, 3.63) is 11.6 Å². The first kappa shape index (κ1) is 25.8. The van der Waals surface area contributed by atoms with E-state index in [0.29, 0.717) is 23.7 Å². The minimum Gasteiger partial charge on any atom is -0.469 e. The molecule has 0 aliphatic heterocycles. The molecule has 0 spiro atoms. The number of hydrogen-bond acceptors (Lipinski definition) is 4. The van der Waals surface area contributed by atoms with Crippen LogP contribution in [0.25, 0.3) is 0 Å². The lowest BCUT2D eigenvalue weighted by molar-refractivity contribution is -0.217. The van der Waals surface area contributed by atoms with E-state index in [2.05, 4.69) is 47.6 Å². The van der Waals surface area contributed by atoms with E-state index in [1.165, 1.54) is 0 Å². The van der Waals surface area contributed by atoms with Crippen LogP contribution in [0.5, 0.6) is 0 Å². The Morgan fingerprint density at radius 3 is 2.37 bits per heavy atom. The minimum absolute atomic E-state index is 0.0205. The molecule has 0 aromatic rings. The lowest BCUT2D eigenvalue weighted by Gasteiger charge is -2.71. The predicted octanol–water partition coefficient (Wildman–Crippen LogP) is 6.15. The third-order valence-corrected chi connectivity index (χ3v) is 13.7. The van der Waals surface area contributed by atoms with Crippen LogP contribution in [0.4, 0.5) is 0 Å². The summed E-state index contributed by atoms with van der Waals surface area (Å²) in [5.74, 6) is 2.26. The van der Waals surface area contributed by atoms with E-state index in [4.69, 9.17) is 4.74 Å². The zero-order valence-electron chi connectivity index (χ0n) is 23.3. The molecule has 5 aliphatic carbocycles. The maximum absolute atomic E-state index is 13.4. The highest BCUT2D eigenvalue weighted by molar-refractivity contribution is 5.78. The van der Waals surface area contributed by atoms with Crippen molar-refractivity contribution in [2.75, 3.05) is 13.7 Å². The van der Waals surface area contributed by atoms with Crippen LogP contribution < -0.4 is 0 Å². The van der Waals surface area contributed by atoms with Gasteiger partial charge in [0.25, 0.3) is 0 Å². The number of fused-ring (bicyclic) bond motifs is 7. The smallest absolute Gasteiger partial charge is 0.312 e. The van der Waals surface area contributed by atoms with Crippen LogP contribution in [-0.4, -0.2) is 36.0 Å². The Morgan fingerprint density at radius 1 is 1.00 bits per heavy atom. The number of allylic oxidation sites excluding steroid dienone is 2. The van der Waals surface area contributed by atoms with Gasteiger partial charge in [-0.1, -0.05) is 53.2 Å². The zero-order chi connectivity index (χ0) is 25.6. The highest BCUT2D eigenvalue weighted by atomic mass is 16.5. The molecule has 5 rings (SSSR count). The molecule has 35 heavy (non-hydrogen) atoms. The van der Waals surface area contributed by atoms with E-state index >= 15 is 0 Å². The number of carbonyl (C=O) groups excluding carboxylic acids is 1. The van der Waals surface area contributed by atoms with Crippen molar-refractivity contribution in [2.24, 2.45) is 56.7 Å². The molecule has 11 atom stereocenters. The maximum atomic E-state index is 13.4. The first-order valence-corrected chi connectivity index (χ1v) is 14.4. The largest absolute Gasteiger partial charge is 0.469 e. The molecule has 0 saturated heterocycles. The molecule has 0 amide bonds. The van der Waals surface area contributed by atoms with Gasteiger partial charge in [0.15, 0.2) is 0 Å². The van der Waals surface area contributed by atoms with E-state index in [9.17, 15) is 15.0 Å². The van der Waals surface area contributed by atoms with Gasteiger partial charge in [-0.3, -0.25) is 4.79 Å². The van der Waals surface area contributed by atoms with Crippen LogP contribution in [0, 0.1) is 56.7 Å². The molecule has 4 saturated carbocycles. The summed E-state index contributed by atoms with van der Waals surface area (Å²) in [6, 6.07) is 0. The van der Waals surface area contributed by atoms with Gasteiger partial charge in [-0.25, -0.2) is 0 Å². The average Bonchev–Trinajstić information content (AvgIpc) is 2.83. The molecule has 0 heterocycles. The third kappa shape index (κ3) is 3.02. The molecular formula is C31H50O4. The van der Waals surface area contributed by atoms with Crippen molar-refractivity contribution in [1.82, 2.24) is 0 Å². The standard InChI is InChI=1S/C31H50O4/c1-19-10-15-31(26(34)35-7)17-16-29(5)21(25(31)20(19)2)8-9-23-27(3)13-12-24(33)28(4,18-32)22(27)11-14-30(23,29)6/h8,19-20,22-25,32-33H,9-18H2,1-7H3/t19-,20+,22-,23-,24+,25+,27+,28+,29-,30-,31+/m1/s1. The topological polar surface area (TPSA) is 66.8 Å². The molecule has 0 aromatic carbocycles. The number of esters is 1. The van der Waals surface area contributed by atoms with Crippen LogP contribution in [0.15, 0.2) is 11.6 Å². The van der Waals surface area contributed by atoms with Gasteiger partial charge in [0.05, 0.1) is 25.2 Å². The van der Waals surface area contributed by atoms with Crippen LogP contribution in [0.1, 0.15) is 99.3 Å². The summed E-state index contributed by atoms with van der Waals surface area (Å²) in [5.41, 5.74) is 1.12. The summed E-state index contributed by atoms with van der Waals surface area (Å²) < 4.78 is 5.50. The van der Waals surface area contributed by atoms with E-state index in [0.717, 1.165) is 57.8 Å². The summed E-state index contributed by atoms with van der Waals surface area (Å²) in [4.78, 5) is 13.4. The summed E-state index contributed by atoms with van der Waals surface area (Å²) in [5, 5.41) is 21.4. The fourth-order valence-corrected chi connectivity index (χ4v) is 11.1. The lowest BCUT2D eigenvalue weighted by atomic mass is 9.33. The van der Waals surface area contributed by atoms with Gasteiger partial charge >= 0.3 is 5.97 Å². The van der Waals surface area contributed by atoms with Gasteiger partial charge < -0.3 is 14.9 Å². The van der Waals surface area contributed by atoms with Crippen molar-refractivity contribution in [2.45, 2.75) is 105 Å². The van der Waals surface area contributed by atoms with Crippen LogP contribution in [-0.2, 0) is 9.53 Å². The number of aliphatic hydroxyl groups is 2. The number of methoxy groups -OCH3 is 1. The molecule has 0 bridgehead atoms. The highest BCUT2D eigenvalue weighted by Crippen LogP contribution is 2.75. The molecule has 198 valence electrons. The number of aliphatic hydroxyl groups excluding tert-OH is 2. The fourth-order valence-electron chi connectivity index (χ4n) is 11.1. The Balaban J connectivity index is 1.61. The molecule has 4 fully saturated rings. The molecule has 2 N–H and O–H groups in total. The summed E-state index contributed by atoms with van der Waals surface area (Å²) in [6.45, 7) is 14.5. The van der Waals surface area contributed by atoms with Crippen molar-refractivity contribution >= 4 is 5.97 Å². The SMILES string of the molecule is COC(=O)[C@]12CC[C@@H](C)[C@H](C)[C@H]1C1=CC[C@@H]3[C@@]4(C)CC[C@H](O)[C@@](C)(CO)[C@@H]4CC[C@@]3(C)[C@]1(C)CC2. The highest BCUT2D eigenvalue weighted by Gasteiger charge is 2.70. The van der Waals surface area contributed by atoms with Gasteiger partial charge in [-0.15, -0.1) is 0 Å². The first-order valence-electron chi connectivity index (χ1n) is 14.4. The number of rotatable bonds is 2. The normalized spacial score (nSPS) is 55.5. The predicted molar refractivity (Wildman–Crippen MR) is 138 cm³/mol. The molecular weight excluding hydrogens is 436 g/mol. The number of ether oxygens (including phenoxy) is 1. The second-order valence-corrected chi connectivity index (χ2v) is 14.5. The van der Waals surface area contributed by atoms with Crippen LogP contribution in [0.2, 0.25) is 0 Å². The van der Waals surface area contributed by atoms with Gasteiger partial charge in [0.1, 0.15) is 0 Å². The molecule has 0 radical (unpaired) electrons. The van der Waals surface area contributed by atoms with Crippen LogP contribution in [0.3, 0.4) is 0 Å². The second-order valence-electron chi connectivity index (χ2n) is 14.5. The van der Waals surface area contributed by atoms with Gasteiger partial charge in [-0.05, 0) is 104 Å². The Kier molecular flexibility index (Phi) is 5.94. The summed E-state index contributed by atoms with van der Waals surface area (Å²) in [7, 11) is 1.58. The zero-order valence-corrected chi connectivity index (χ0v) is 23.3. The van der Waals surface area contributed by atoms with E-state index in [1.807, 2.05) is 0 Å². The first-order chi connectivity index (χ1) is 16.4. The van der Waals surface area contributed by atoms with Gasteiger partial charge in [-0.2, -0.15) is 0 Å². The quantitative estimate of drug-likeness (QED) is 0.363. The monoisotopic (exact) mass is 486 g/mol. The Morgan fingerprint density at radius 2 is 1.71 bits per heavy atom. The Bertz CT molecular complexity index is 912. The summed E-state index contributed by atoms with van der Waals surface area (Å²) in [6.07, 6.45) is 11.3. The molecule has 0 unspecified atom stereocenters. The second kappa shape index (κ2) is 8.06. The van der Waals surface area contributed by atoms with E-state index < -0.39 is 11.5 Å². The lowest BCUT2D eigenvalue weighted by Crippen LogP contribution is -2.66. The van der Waals surface area contributed by atoms with Crippen molar-refractivity contribution in [1.29, 1.82) is 0 Å². The van der Waals surface area contributed by atoms with E-state index in [-0.39, 0.29) is 40.2 Å². The Hall–Kier alpha value is -0.870. The van der Waals surface area contributed by atoms with Crippen molar-refractivity contribution in [3.8, 4) is 0 Å². The Labute approximate surface area is 213 Å². The van der Waals surface area contributed by atoms with Crippen molar-refractivity contribution < 1.29 is 19.7 Å². The number of hydrogen-bond donors (Lipinski definition) is 2. The average molecular weight is 487 g/mol. The fraction of sp³-hybridized carbons (Fsp3) is 0.903. The minimum atomic E-state index is -0.418. The van der Waals surface area contributed by atoms with E-state index in [1.54, 1.807) is 12.7 Å². The molecule has 4 heteroatoms. The molecule has 0 aromatic heterocycles. The summed E-state index contributed by atoms with van der Waals surface area (Å²) >= 11 is 0. The van der Waals surface area contributed by atoms with Gasteiger partial charge in [0, 0.05) is 5.41 Å². The maximum Gasteiger partial charge on any atom is 0.312 e. The van der Waals surface area contributed by atoms with Crippen molar-refractivity contribution in [3.63, 3.8) is 0 Å².